The fourth-order valence-corrected chi connectivity index (χ4v) is 1.98. The number of rotatable bonds is 7. The molecule has 0 aliphatic heterocycles. The van der Waals surface area contributed by atoms with Gasteiger partial charge in [0.05, 0.1) is 4.47 Å². The largest absolute Gasteiger partial charge is 0.396 e. The highest BCUT2D eigenvalue weighted by Gasteiger charge is 2.08. The van der Waals surface area contributed by atoms with Crippen LogP contribution in [0.2, 0.25) is 0 Å². The van der Waals surface area contributed by atoms with Crippen LogP contribution in [0.1, 0.15) is 26.2 Å². The van der Waals surface area contributed by atoms with Gasteiger partial charge in [0.25, 0.3) is 0 Å². The molecule has 90 valence electrons. The molecule has 1 rings (SSSR count). The Bertz CT molecular complexity index is 303. The van der Waals surface area contributed by atoms with Gasteiger partial charge in [-0.05, 0) is 34.7 Å². The second kappa shape index (κ2) is 7.57. The van der Waals surface area contributed by atoms with E-state index in [9.17, 15) is 0 Å². The number of hydrogen-bond donors (Lipinski definition) is 2. The minimum absolute atomic E-state index is 0.247. The lowest BCUT2D eigenvalue weighted by molar-refractivity contribution is 0.255. The predicted octanol–water partition coefficient (Wildman–Crippen LogP) is 2.45. The fraction of sp³-hybridized carbons (Fsp3) is 0.636. The quantitative estimate of drug-likeness (QED) is 0.809. The Morgan fingerprint density at radius 1 is 1.50 bits per heavy atom. The van der Waals surface area contributed by atoms with E-state index in [1.807, 2.05) is 0 Å². The summed E-state index contributed by atoms with van der Waals surface area (Å²) in [5, 5.41) is 12.2. The molecule has 1 heterocycles. The van der Waals surface area contributed by atoms with E-state index >= 15 is 0 Å². The Labute approximate surface area is 105 Å². The van der Waals surface area contributed by atoms with E-state index in [1.165, 1.54) is 6.33 Å². The van der Waals surface area contributed by atoms with E-state index in [1.54, 1.807) is 6.20 Å². The predicted molar refractivity (Wildman–Crippen MR) is 68.3 cm³/mol. The number of nitrogens with one attached hydrogen (secondary N) is 1. The minimum atomic E-state index is 0.247. The maximum absolute atomic E-state index is 8.95. The third-order valence-corrected chi connectivity index (χ3v) is 3.04. The van der Waals surface area contributed by atoms with Crippen LogP contribution >= 0.6 is 15.9 Å². The highest BCUT2D eigenvalue weighted by Crippen LogP contribution is 2.18. The summed E-state index contributed by atoms with van der Waals surface area (Å²) in [6.07, 6.45) is 6.33. The SMILES string of the molecule is CCCC(CCO)CNc1ncncc1Br. The lowest BCUT2D eigenvalue weighted by Gasteiger charge is -2.16. The van der Waals surface area contributed by atoms with Crippen molar-refractivity contribution in [2.45, 2.75) is 26.2 Å². The van der Waals surface area contributed by atoms with Crippen LogP contribution in [0.5, 0.6) is 0 Å². The molecular formula is C11H18BrN3O. The molecule has 0 saturated heterocycles. The number of anilines is 1. The van der Waals surface area contributed by atoms with Crippen LogP contribution in [0.15, 0.2) is 17.0 Å². The number of halogens is 1. The molecule has 0 saturated carbocycles. The maximum atomic E-state index is 8.95. The van der Waals surface area contributed by atoms with Crippen LogP contribution < -0.4 is 5.32 Å². The molecule has 1 aromatic heterocycles. The van der Waals surface area contributed by atoms with E-state index in [4.69, 9.17) is 5.11 Å². The van der Waals surface area contributed by atoms with Gasteiger partial charge in [0.2, 0.25) is 0 Å². The van der Waals surface area contributed by atoms with Crippen LogP contribution in [0.3, 0.4) is 0 Å². The van der Waals surface area contributed by atoms with Gasteiger partial charge < -0.3 is 10.4 Å². The molecular weight excluding hydrogens is 270 g/mol. The first-order valence-corrected chi connectivity index (χ1v) is 6.37. The average molecular weight is 288 g/mol. The summed E-state index contributed by atoms with van der Waals surface area (Å²) in [4.78, 5) is 8.05. The smallest absolute Gasteiger partial charge is 0.143 e. The zero-order chi connectivity index (χ0) is 11.8. The Hall–Kier alpha value is -0.680. The van der Waals surface area contributed by atoms with Crippen molar-refractivity contribution in [2.75, 3.05) is 18.5 Å². The number of aliphatic hydroxyl groups is 1. The van der Waals surface area contributed by atoms with Crippen LogP contribution in [-0.4, -0.2) is 28.2 Å². The molecule has 1 atom stereocenters. The zero-order valence-corrected chi connectivity index (χ0v) is 11.1. The Morgan fingerprint density at radius 3 is 2.94 bits per heavy atom. The summed E-state index contributed by atoms with van der Waals surface area (Å²) >= 11 is 3.39. The molecule has 2 N–H and O–H groups in total. The summed E-state index contributed by atoms with van der Waals surface area (Å²) in [5.41, 5.74) is 0. The van der Waals surface area contributed by atoms with Gasteiger partial charge in [-0.2, -0.15) is 0 Å². The Morgan fingerprint density at radius 2 is 2.31 bits per heavy atom. The average Bonchev–Trinajstić information content (AvgIpc) is 2.28. The van der Waals surface area contributed by atoms with E-state index in [0.717, 1.165) is 36.1 Å². The lowest BCUT2D eigenvalue weighted by Crippen LogP contribution is -2.16. The topological polar surface area (TPSA) is 58.0 Å². The van der Waals surface area contributed by atoms with Crippen molar-refractivity contribution < 1.29 is 5.11 Å². The first kappa shape index (κ1) is 13.4. The number of aliphatic hydroxyl groups excluding tert-OH is 1. The number of aromatic nitrogens is 2. The summed E-state index contributed by atoms with van der Waals surface area (Å²) in [6, 6.07) is 0. The zero-order valence-electron chi connectivity index (χ0n) is 9.49. The van der Waals surface area contributed by atoms with Gasteiger partial charge in [-0.3, -0.25) is 0 Å². The molecule has 0 spiro atoms. The fourth-order valence-electron chi connectivity index (χ4n) is 1.62. The van der Waals surface area contributed by atoms with E-state index in [-0.39, 0.29) is 6.61 Å². The molecule has 5 heteroatoms. The third-order valence-electron chi connectivity index (χ3n) is 2.46. The van der Waals surface area contributed by atoms with Crippen molar-refractivity contribution in [1.29, 1.82) is 0 Å². The van der Waals surface area contributed by atoms with Gasteiger partial charge >= 0.3 is 0 Å². The summed E-state index contributed by atoms with van der Waals surface area (Å²) in [5.74, 6) is 1.31. The standard InChI is InChI=1S/C11H18BrN3O/c1-2-3-9(4-5-16)6-14-11-10(12)7-13-8-15-11/h7-9,16H,2-6H2,1H3,(H,13,14,15). The van der Waals surface area contributed by atoms with Crippen LogP contribution in [0, 0.1) is 5.92 Å². The second-order valence-electron chi connectivity index (χ2n) is 3.77. The van der Waals surface area contributed by atoms with Gasteiger partial charge in [-0.1, -0.05) is 13.3 Å². The van der Waals surface area contributed by atoms with Crippen molar-refractivity contribution >= 4 is 21.7 Å². The van der Waals surface area contributed by atoms with Crippen LogP contribution in [-0.2, 0) is 0 Å². The summed E-state index contributed by atoms with van der Waals surface area (Å²) in [7, 11) is 0. The minimum Gasteiger partial charge on any atom is -0.396 e. The molecule has 0 aliphatic carbocycles. The highest BCUT2D eigenvalue weighted by atomic mass is 79.9. The van der Waals surface area contributed by atoms with Gasteiger partial charge in [0.15, 0.2) is 0 Å². The Balaban J connectivity index is 2.45. The molecule has 16 heavy (non-hydrogen) atoms. The molecule has 0 aliphatic rings. The molecule has 1 aromatic rings. The van der Waals surface area contributed by atoms with Crippen molar-refractivity contribution in [1.82, 2.24) is 9.97 Å². The second-order valence-corrected chi connectivity index (χ2v) is 4.62. The van der Waals surface area contributed by atoms with Crippen LogP contribution in [0.25, 0.3) is 0 Å². The van der Waals surface area contributed by atoms with E-state index < -0.39 is 0 Å². The summed E-state index contributed by atoms with van der Waals surface area (Å²) < 4.78 is 0.870. The summed E-state index contributed by atoms with van der Waals surface area (Å²) in [6.45, 7) is 3.24. The van der Waals surface area contributed by atoms with Gasteiger partial charge in [0, 0.05) is 19.3 Å². The molecule has 0 bridgehead atoms. The third kappa shape index (κ3) is 4.45. The van der Waals surface area contributed by atoms with Gasteiger partial charge in [0.1, 0.15) is 12.1 Å². The van der Waals surface area contributed by atoms with Gasteiger partial charge in [-0.15, -0.1) is 0 Å². The van der Waals surface area contributed by atoms with Crippen molar-refractivity contribution in [2.24, 2.45) is 5.92 Å². The van der Waals surface area contributed by atoms with Crippen LogP contribution in [0.4, 0.5) is 5.82 Å². The number of nitrogens with zero attached hydrogens (tertiary/aromatic N) is 2. The van der Waals surface area contributed by atoms with Gasteiger partial charge in [-0.25, -0.2) is 9.97 Å². The van der Waals surface area contributed by atoms with Crippen molar-refractivity contribution in [3.63, 3.8) is 0 Å². The van der Waals surface area contributed by atoms with E-state index in [0.29, 0.717) is 5.92 Å². The molecule has 0 aromatic carbocycles. The van der Waals surface area contributed by atoms with Crippen molar-refractivity contribution in [3.05, 3.63) is 17.0 Å². The molecule has 0 radical (unpaired) electrons. The number of hydrogen-bond acceptors (Lipinski definition) is 4. The maximum Gasteiger partial charge on any atom is 0.143 e. The first-order valence-electron chi connectivity index (χ1n) is 5.58. The van der Waals surface area contributed by atoms with Crippen molar-refractivity contribution in [3.8, 4) is 0 Å². The van der Waals surface area contributed by atoms with E-state index in [2.05, 4.69) is 38.1 Å². The lowest BCUT2D eigenvalue weighted by atomic mass is 10.0. The first-order chi connectivity index (χ1) is 7.77. The molecule has 4 nitrogen and oxygen atoms in total. The highest BCUT2D eigenvalue weighted by molar-refractivity contribution is 9.10. The molecule has 1 unspecified atom stereocenters. The monoisotopic (exact) mass is 287 g/mol. The molecule has 0 amide bonds. The molecule has 0 fully saturated rings. The normalized spacial score (nSPS) is 12.4. The Kier molecular flexibility index (Phi) is 6.33.